The van der Waals surface area contributed by atoms with Crippen LogP contribution in [0.5, 0.6) is 0 Å². The summed E-state index contributed by atoms with van der Waals surface area (Å²) in [7, 11) is 0. The predicted molar refractivity (Wildman–Crippen MR) is 78.0 cm³/mol. The van der Waals surface area contributed by atoms with Gasteiger partial charge in [0.25, 0.3) is 5.91 Å². The number of rotatable bonds is 2. The van der Waals surface area contributed by atoms with Crippen molar-refractivity contribution < 1.29 is 18.0 Å². The monoisotopic (exact) mass is 323 g/mol. The van der Waals surface area contributed by atoms with E-state index in [0.29, 0.717) is 19.5 Å². The standard InChI is InChI=1S/C16H16F3N3O/c1-11-8-20-22(9-11)12-6-7-21(10-12)15(23)13-4-2-3-5-14(13)16(17,18)19/h2-5,8-9,12H,6-7,10H2,1H3. The van der Waals surface area contributed by atoms with Gasteiger partial charge < -0.3 is 4.90 Å². The van der Waals surface area contributed by atoms with Crippen molar-refractivity contribution in [3.63, 3.8) is 0 Å². The molecule has 122 valence electrons. The molecule has 1 aliphatic heterocycles. The molecule has 0 spiro atoms. The fraction of sp³-hybridized carbons (Fsp3) is 0.375. The van der Waals surface area contributed by atoms with Crippen LogP contribution >= 0.6 is 0 Å². The van der Waals surface area contributed by atoms with Gasteiger partial charge in [-0.3, -0.25) is 9.48 Å². The van der Waals surface area contributed by atoms with Gasteiger partial charge in [-0.05, 0) is 31.0 Å². The average Bonchev–Trinajstić information content (AvgIpc) is 3.14. The van der Waals surface area contributed by atoms with Crippen molar-refractivity contribution in [2.24, 2.45) is 0 Å². The number of alkyl halides is 3. The molecule has 0 aliphatic carbocycles. The number of carbonyl (C=O) groups excluding carboxylic acids is 1. The molecular formula is C16H16F3N3O. The molecular weight excluding hydrogens is 307 g/mol. The van der Waals surface area contributed by atoms with Gasteiger partial charge in [0.15, 0.2) is 0 Å². The van der Waals surface area contributed by atoms with E-state index < -0.39 is 17.6 Å². The third-order valence-electron chi connectivity index (χ3n) is 4.02. The summed E-state index contributed by atoms with van der Waals surface area (Å²) in [6.07, 6.45) is -0.253. The van der Waals surface area contributed by atoms with E-state index in [1.54, 1.807) is 10.9 Å². The molecule has 4 nitrogen and oxygen atoms in total. The smallest absolute Gasteiger partial charge is 0.336 e. The summed E-state index contributed by atoms with van der Waals surface area (Å²) >= 11 is 0. The molecule has 2 heterocycles. The van der Waals surface area contributed by atoms with Crippen LogP contribution in [0.15, 0.2) is 36.7 Å². The molecule has 1 aromatic heterocycles. The van der Waals surface area contributed by atoms with Gasteiger partial charge in [0.05, 0.1) is 23.4 Å². The Labute approximate surface area is 131 Å². The van der Waals surface area contributed by atoms with Crippen LogP contribution in [-0.4, -0.2) is 33.7 Å². The summed E-state index contributed by atoms with van der Waals surface area (Å²) in [6.45, 7) is 2.71. The topological polar surface area (TPSA) is 38.1 Å². The minimum atomic E-state index is -4.54. The van der Waals surface area contributed by atoms with Crippen LogP contribution in [0.2, 0.25) is 0 Å². The van der Waals surface area contributed by atoms with Crippen LogP contribution in [0.3, 0.4) is 0 Å². The SMILES string of the molecule is Cc1cnn(C2CCN(C(=O)c3ccccc3C(F)(F)F)C2)c1. The zero-order valence-electron chi connectivity index (χ0n) is 12.5. The Morgan fingerprint density at radius 3 is 2.70 bits per heavy atom. The number of hydrogen-bond donors (Lipinski definition) is 0. The molecule has 1 saturated heterocycles. The molecule has 2 aromatic rings. The fourth-order valence-corrected chi connectivity index (χ4v) is 2.86. The van der Waals surface area contributed by atoms with Gasteiger partial charge in [0, 0.05) is 19.3 Å². The van der Waals surface area contributed by atoms with Gasteiger partial charge in [-0.1, -0.05) is 12.1 Å². The average molecular weight is 323 g/mol. The number of amides is 1. The van der Waals surface area contributed by atoms with E-state index in [1.165, 1.54) is 23.1 Å². The zero-order valence-corrected chi connectivity index (χ0v) is 12.5. The van der Waals surface area contributed by atoms with Crippen molar-refractivity contribution in [2.45, 2.75) is 25.6 Å². The molecule has 3 rings (SSSR count). The first-order valence-corrected chi connectivity index (χ1v) is 7.32. The molecule has 0 saturated carbocycles. The van der Waals surface area contributed by atoms with E-state index in [4.69, 9.17) is 0 Å². The van der Waals surface area contributed by atoms with Crippen LogP contribution in [0.4, 0.5) is 13.2 Å². The first-order chi connectivity index (χ1) is 10.9. The van der Waals surface area contributed by atoms with Gasteiger partial charge in [-0.15, -0.1) is 0 Å². The normalized spacial score (nSPS) is 18.4. The van der Waals surface area contributed by atoms with Crippen LogP contribution in [0.25, 0.3) is 0 Å². The van der Waals surface area contributed by atoms with Crippen molar-refractivity contribution in [3.8, 4) is 0 Å². The van der Waals surface area contributed by atoms with Crippen molar-refractivity contribution in [3.05, 3.63) is 53.3 Å². The molecule has 0 bridgehead atoms. The number of likely N-dealkylation sites (tertiary alicyclic amines) is 1. The molecule has 7 heteroatoms. The van der Waals surface area contributed by atoms with E-state index in [9.17, 15) is 18.0 Å². The number of hydrogen-bond acceptors (Lipinski definition) is 2. The highest BCUT2D eigenvalue weighted by Gasteiger charge is 2.37. The molecule has 1 fully saturated rings. The lowest BCUT2D eigenvalue weighted by molar-refractivity contribution is -0.138. The lowest BCUT2D eigenvalue weighted by atomic mass is 10.1. The van der Waals surface area contributed by atoms with E-state index in [1.807, 2.05) is 13.1 Å². The van der Waals surface area contributed by atoms with E-state index in [-0.39, 0.29) is 11.6 Å². The van der Waals surface area contributed by atoms with Gasteiger partial charge >= 0.3 is 6.18 Å². The van der Waals surface area contributed by atoms with E-state index in [2.05, 4.69) is 5.10 Å². The Kier molecular flexibility index (Phi) is 3.87. The van der Waals surface area contributed by atoms with E-state index >= 15 is 0 Å². The summed E-state index contributed by atoms with van der Waals surface area (Å²) in [5, 5.41) is 4.22. The summed E-state index contributed by atoms with van der Waals surface area (Å²) in [4.78, 5) is 14.0. The minimum absolute atomic E-state index is 0.00528. The molecule has 1 aliphatic rings. The summed E-state index contributed by atoms with van der Waals surface area (Å²) < 4.78 is 40.9. The van der Waals surface area contributed by atoms with Gasteiger partial charge in [0.2, 0.25) is 0 Å². The number of aromatic nitrogens is 2. The maximum Gasteiger partial charge on any atom is 0.417 e. The molecule has 0 radical (unpaired) electrons. The molecule has 1 atom stereocenters. The van der Waals surface area contributed by atoms with Crippen LogP contribution in [0.1, 0.15) is 33.9 Å². The quantitative estimate of drug-likeness (QED) is 0.850. The molecule has 0 N–H and O–H groups in total. The third kappa shape index (κ3) is 3.09. The maximum absolute atomic E-state index is 13.1. The van der Waals surface area contributed by atoms with Crippen LogP contribution in [0, 0.1) is 6.92 Å². The largest absolute Gasteiger partial charge is 0.417 e. The Morgan fingerprint density at radius 1 is 1.30 bits per heavy atom. The van der Waals surface area contributed by atoms with Gasteiger partial charge in [0.1, 0.15) is 0 Å². The number of nitrogens with zero attached hydrogens (tertiary/aromatic N) is 3. The highest BCUT2D eigenvalue weighted by molar-refractivity contribution is 5.96. The minimum Gasteiger partial charge on any atom is -0.336 e. The second-order valence-electron chi connectivity index (χ2n) is 5.73. The van der Waals surface area contributed by atoms with Gasteiger partial charge in [-0.25, -0.2) is 0 Å². The van der Waals surface area contributed by atoms with Crippen molar-refractivity contribution >= 4 is 5.91 Å². The number of halogens is 3. The first kappa shape index (κ1) is 15.6. The summed E-state index contributed by atoms with van der Waals surface area (Å²) in [5.74, 6) is -0.579. The third-order valence-corrected chi connectivity index (χ3v) is 4.02. The van der Waals surface area contributed by atoms with Crippen molar-refractivity contribution in [1.29, 1.82) is 0 Å². The Balaban J connectivity index is 1.80. The van der Waals surface area contributed by atoms with Crippen molar-refractivity contribution in [1.82, 2.24) is 14.7 Å². The lowest BCUT2D eigenvalue weighted by Gasteiger charge is -2.19. The molecule has 1 amide bonds. The maximum atomic E-state index is 13.1. The molecule has 1 aromatic carbocycles. The Hall–Kier alpha value is -2.31. The number of carbonyl (C=O) groups is 1. The highest BCUT2D eigenvalue weighted by atomic mass is 19.4. The summed E-state index contributed by atoms with van der Waals surface area (Å²) in [6, 6.07) is 4.92. The second kappa shape index (κ2) is 5.72. The molecule has 1 unspecified atom stereocenters. The Bertz CT molecular complexity index is 723. The van der Waals surface area contributed by atoms with Crippen molar-refractivity contribution in [2.75, 3.05) is 13.1 Å². The first-order valence-electron chi connectivity index (χ1n) is 7.32. The number of aryl methyl sites for hydroxylation is 1. The van der Waals surface area contributed by atoms with E-state index in [0.717, 1.165) is 11.6 Å². The predicted octanol–water partition coefficient (Wildman–Crippen LogP) is 3.30. The molecule has 23 heavy (non-hydrogen) atoms. The van der Waals surface area contributed by atoms with Crippen LogP contribution in [-0.2, 0) is 6.18 Å². The lowest BCUT2D eigenvalue weighted by Crippen LogP contribution is -2.31. The second-order valence-corrected chi connectivity index (χ2v) is 5.73. The Morgan fingerprint density at radius 2 is 2.04 bits per heavy atom. The zero-order chi connectivity index (χ0) is 16.6. The summed E-state index contributed by atoms with van der Waals surface area (Å²) in [5.41, 5.74) is -0.169. The fourth-order valence-electron chi connectivity index (χ4n) is 2.86. The van der Waals surface area contributed by atoms with Crippen LogP contribution < -0.4 is 0 Å². The van der Waals surface area contributed by atoms with Gasteiger partial charge in [-0.2, -0.15) is 18.3 Å². The number of benzene rings is 1. The highest BCUT2D eigenvalue weighted by Crippen LogP contribution is 2.33.